The molecule has 2 aromatic rings. The Balaban J connectivity index is 2.60. The SMILES string of the molecule is CCC(C)(C)C(=O)c1cccc2c1ccn2C. The summed E-state index contributed by atoms with van der Waals surface area (Å²) in [7, 11) is 2.00. The molecular formula is C15H19NO. The first-order chi connectivity index (χ1) is 7.97. The van der Waals surface area contributed by atoms with Crippen molar-refractivity contribution in [2.75, 3.05) is 0 Å². The van der Waals surface area contributed by atoms with Crippen molar-refractivity contribution >= 4 is 16.7 Å². The van der Waals surface area contributed by atoms with Crippen LogP contribution in [0.3, 0.4) is 0 Å². The van der Waals surface area contributed by atoms with Gasteiger partial charge in [-0.2, -0.15) is 0 Å². The smallest absolute Gasteiger partial charge is 0.169 e. The maximum Gasteiger partial charge on any atom is 0.169 e. The van der Waals surface area contributed by atoms with Crippen LogP contribution in [-0.2, 0) is 7.05 Å². The largest absolute Gasteiger partial charge is 0.351 e. The molecule has 1 heterocycles. The Kier molecular flexibility index (Phi) is 2.82. The van der Waals surface area contributed by atoms with Crippen molar-refractivity contribution in [3.63, 3.8) is 0 Å². The van der Waals surface area contributed by atoms with Gasteiger partial charge in [0, 0.05) is 35.1 Å². The molecule has 0 fully saturated rings. The summed E-state index contributed by atoms with van der Waals surface area (Å²) < 4.78 is 2.05. The van der Waals surface area contributed by atoms with Crippen molar-refractivity contribution in [2.24, 2.45) is 12.5 Å². The lowest BCUT2D eigenvalue weighted by molar-refractivity contribution is 0.0835. The fraction of sp³-hybridized carbons (Fsp3) is 0.400. The second kappa shape index (κ2) is 4.02. The highest BCUT2D eigenvalue weighted by atomic mass is 16.1. The van der Waals surface area contributed by atoms with Gasteiger partial charge < -0.3 is 4.57 Å². The lowest BCUT2D eigenvalue weighted by Gasteiger charge is -2.21. The number of aryl methyl sites for hydroxylation is 1. The molecule has 0 saturated heterocycles. The molecule has 0 radical (unpaired) electrons. The zero-order valence-electron chi connectivity index (χ0n) is 10.9. The number of ketones is 1. The molecule has 0 amide bonds. The van der Waals surface area contributed by atoms with Gasteiger partial charge in [0.2, 0.25) is 0 Å². The molecule has 0 aliphatic heterocycles. The summed E-state index contributed by atoms with van der Waals surface area (Å²) in [5, 5.41) is 1.06. The van der Waals surface area contributed by atoms with Crippen molar-refractivity contribution in [3.8, 4) is 0 Å². The standard InChI is InChI=1S/C15H19NO/c1-5-15(2,3)14(17)12-7-6-8-13-11(12)9-10-16(13)4/h6-10H,5H2,1-4H3. The Labute approximate surface area is 102 Å². The summed E-state index contributed by atoms with van der Waals surface area (Å²) in [6, 6.07) is 7.96. The lowest BCUT2D eigenvalue weighted by Crippen LogP contribution is -2.23. The van der Waals surface area contributed by atoms with E-state index >= 15 is 0 Å². The normalized spacial score (nSPS) is 12.0. The summed E-state index contributed by atoms with van der Waals surface area (Å²) in [6.07, 6.45) is 2.86. The van der Waals surface area contributed by atoms with Gasteiger partial charge in [-0.25, -0.2) is 0 Å². The Morgan fingerprint density at radius 3 is 2.65 bits per heavy atom. The number of carbonyl (C=O) groups is 1. The average molecular weight is 229 g/mol. The molecule has 2 heteroatoms. The number of nitrogens with zero attached hydrogens (tertiary/aromatic N) is 1. The van der Waals surface area contributed by atoms with Crippen LogP contribution >= 0.6 is 0 Å². The molecule has 0 bridgehead atoms. The fourth-order valence-corrected chi connectivity index (χ4v) is 2.03. The van der Waals surface area contributed by atoms with E-state index in [1.807, 2.05) is 55.9 Å². The third-order valence-electron chi connectivity index (χ3n) is 3.67. The van der Waals surface area contributed by atoms with E-state index in [9.17, 15) is 4.79 Å². The van der Waals surface area contributed by atoms with E-state index in [0.29, 0.717) is 0 Å². The quantitative estimate of drug-likeness (QED) is 0.734. The Hall–Kier alpha value is -1.57. The number of Topliss-reactive ketones (excluding diaryl/α,β-unsaturated/α-hetero) is 1. The molecular weight excluding hydrogens is 210 g/mol. The lowest BCUT2D eigenvalue weighted by atomic mass is 9.81. The van der Waals surface area contributed by atoms with Crippen LogP contribution in [0, 0.1) is 5.41 Å². The second-order valence-corrected chi connectivity index (χ2v) is 5.23. The van der Waals surface area contributed by atoms with E-state index in [1.165, 1.54) is 0 Å². The molecule has 17 heavy (non-hydrogen) atoms. The highest BCUT2D eigenvalue weighted by Crippen LogP contribution is 2.29. The van der Waals surface area contributed by atoms with Gasteiger partial charge in [-0.1, -0.05) is 32.9 Å². The van der Waals surface area contributed by atoms with E-state index in [0.717, 1.165) is 22.9 Å². The van der Waals surface area contributed by atoms with E-state index in [4.69, 9.17) is 0 Å². The van der Waals surface area contributed by atoms with Crippen LogP contribution in [0.1, 0.15) is 37.6 Å². The Morgan fingerprint density at radius 2 is 2.00 bits per heavy atom. The Bertz CT molecular complexity index is 563. The highest BCUT2D eigenvalue weighted by Gasteiger charge is 2.27. The molecule has 90 valence electrons. The van der Waals surface area contributed by atoms with Gasteiger partial charge in [-0.05, 0) is 18.6 Å². The van der Waals surface area contributed by atoms with E-state index in [1.54, 1.807) is 0 Å². The minimum absolute atomic E-state index is 0.233. The molecule has 0 atom stereocenters. The first-order valence-corrected chi connectivity index (χ1v) is 6.06. The minimum Gasteiger partial charge on any atom is -0.351 e. The summed E-state index contributed by atoms with van der Waals surface area (Å²) in [5.41, 5.74) is 1.67. The van der Waals surface area contributed by atoms with Crippen LogP contribution < -0.4 is 0 Å². The molecule has 1 aromatic heterocycles. The monoisotopic (exact) mass is 229 g/mol. The molecule has 0 aliphatic rings. The number of hydrogen-bond donors (Lipinski definition) is 0. The van der Waals surface area contributed by atoms with Crippen LogP contribution in [0.5, 0.6) is 0 Å². The number of benzene rings is 1. The third kappa shape index (κ3) is 1.88. The molecule has 1 aromatic carbocycles. The minimum atomic E-state index is -0.288. The first-order valence-electron chi connectivity index (χ1n) is 6.06. The van der Waals surface area contributed by atoms with Gasteiger partial charge in [0.05, 0.1) is 0 Å². The predicted molar refractivity (Wildman–Crippen MR) is 71.3 cm³/mol. The second-order valence-electron chi connectivity index (χ2n) is 5.23. The van der Waals surface area contributed by atoms with Gasteiger partial charge >= 0.3 is 0 Å². The number of fused-ring (bicyclic) bond motifs is 1. The summed E-state index contributed by atoms with van der Waals surface area (Å²) in [6.45, 7) is 6.08. The maximum atomic E-state index is 12.5. The summed E-state index contributed by atoms with van der Waals surface area (Å²) >= 11 is 0. The van der Waals surface area contributed by atoms with Gasteiger partial charge in [0.25, 0.3) is 0 Å². The highest BCUT2D eigenvalue weighted by molar-refractivity contribution is 6.10. The van der Waals surface area contributed by atoms with E-state index < -0.39 is 0 Å². The van der Waals surface area contributed by atoms with Crippen molar-refractivity contribution in [1.82, 2.24) is 4.57 Å². The van der Waals surface area contributed by atoms with Gasteiger partial charge in [-0.3, -0.25) is 4.79 Å². The maximum absolute atomic E-state index is 12.5. The zero-order chi connectivity index (χ0) is 12.6. The number of rotatable bonds is 3. The van der Waals surface area contributed by atoms with Crippen molar-refractivity contribution < 1.29 is 4.79 Å². The number of carbonyl (C=O) groups excluding carboxylic acids is 1. The number of aromatic nitrogens is 1. The number of hydrogen-bond acceptors (Lipinski definition) is 1. The van der Waals surface area contributed by atoms with E-state index in [2.05, 4.69) is 6.92 Å². The van der Waals surface area contributed by atoms with Gasteiger partial charge in [-0.15, -0.1) is 0 Å². The van der Waals surface area contributed by atoms with Crippen molar-refractivity contribution in [1.29, 1.82) is 0 Å². The van der Waals surface area contributed by atoms with Crippen LogP contribution in [0.4, 0.5) is 0 Å². The van der Waals surface area contributed by atoms with Gasteiger partial charge in [0.1, 0.15) is 0 Å². The zero-order valence-corrected chi connectivity index (χ0v) is 10.9. The predicted octanol–water partition coefficient (Wildman–Crippen LogP) is 3.80. The van der Waals surface area contributed by atoms with Crippen LogP contribution in [0.25, 0.3) is 10.9 Å². The molecule has 0 N–H and O–H groups in total. The third-order valence-corrected chi connectivity index (χ3v) is 3.67. The fourth-order valence-electron chi connectivity index (χ4n) is 2.03. The molecule has 0 unspecified atom stereocenters. The molecule has 0 saturated carbocycles. The molecule has 2 rings (SSSR count). The van der Waals surface area contributed by atoms with Crippen LogP contribution in [-0.4, -0.2) is 10.4 Å². The van der Waals surface area contributed by atoms with E-state index in [-0.39, 0.29) is 11.2 Å². The van der Waals surface area contributed by atoms with Crippen LogP contribution in [0.2, 0.25) is 0 Å². The van der Waals surface area contributed by atoms with Gasteiger partial charge in [0.15, 0.2) is 5.78 Å². The summed E-state index contributed by atoms with van der Waals surface area (Å²) in [4.78, 5) is 12.5. The molecule has 0 spiro atoms. The van der Waals surface area contributed by atoms with Crippen molar-refractivity contribution in [2.45, 2.75) is 27.2 Å². The van der Waals surface area contributed by atoms with Crippen LogP contribution in [0.15, 0.2) is 30.5 Å². The first kappa shape index (κ1) is 11.9. The molecule has 2 nitrogen and oxygen atoms in total. The Morgan fingerprint density at radius 1 is 1.29 bits per heavy atom. The molecule has 0 aliphatic carbocycles. The topological polar surface area (TPSA) is 22.0 Å². The summed E-state index contributed by atoms with van der Waals surface area (Å²) in [5.74, 6) is 0.233. The average Bonchev–Trinajstić information content (AvgIpc) is 2.70. The van der Waals surface area contributed by atoms with Crippen molar-refractivity contribution in [3.05, 3.63) is 36.0 Å².